The van der Waals surface area contributed by atoms with E-state index in [1.165, 1.54) is 29.3 Å². The average Bonchev–Trinajstić information content (AvgIpc) is 3.21. The molecule has 12 heteroatoms. The molecule has 0 aliphatic carbocycles. The van der Waals surface area contributed by atoms with Gasteiger partial charge in [0.15, 0.2) is 26.5 Å². The lowest BCUT2D eigenvalue weighted by Gasteiger charge is -2.46. The molecule has 0 saturated carbocycles. The number of carboxylic acids is 1. The number of nitrogens with zero attached hydrogens (tertiary/aromatic N) is 3. The third-order valence-corrected chi connectivity index (χ3v) is 7.84. The molecule has 0 unspecified atom stereocenters. The topological polar surface area (TPSA) is 146 Å². The molecule has 2 N–H and O–H groups in total. The van der Waals surface area contributed by atoms with Gasteiger partial charge in [-0.05, 0) is 6.92 Å². The molecule has 2 aromatic heterocycles. The van der Waals surface area contributed by atoms with Crippen LogP contribution < -0.4 is 0 Å². The van der Waals surface area contributed by atoms with Crippen molar-refractivity contribution in [2.75, 3.05) is 6.26 Å². The van der Waals surface area contributed by atoms with Crippen LogP contribution in [0.3, 0.4) is 0 Å². The maximum absolute atomic E-state index is 12.5. The summed E-state index contributed by atoms with van der Waals surface area (Å²) in [5, 5.41) is 19.5. The van der Waals surface area contributed by atoms with E-state index in [-0.39, 0.29) is 21.4 Å². The number of amides is 1. The Hall–Kier alpha value is -2.57. The Morgan fingerprint density at radius 2 is 1.97 bits per heavy atom. The Morgan fingerprint density at radius 3 is 2.47 bits per heavy atom. The minimum absolute atomic E-state index is 0.0720. The Kier molecular flexibility index (Phi) is 4.46. The summed E-state index contributed by atoms with van der Waals surface area (Å²) in [6, 6.07) is -0.500. The number of thiazole rings is 1. The van der Waals surface area contributed by atoms with Crippen LogP contribution in [0.15, 0.2) is 16.9 Å². The smallest absolute Gasteiger partial charge is 0.352 e. The summed E-state index contributed by atoms with van der Waals surface area (Å²) in [5.41, 5.74) is 0.184. The Bertz CT molecular complexity index is 1270. The van der Waals surface area contributed by atoms with Crippen LogP contribution in [0.25, 0.3) is 10.4 Å². The quantitative estimate of drug-likeness (QED) is 0.496. The number of fused-ring (bicyclic) bond motifs is 2. The number of aliphatic hydroxyl groups excluding tert-OH is 1. The van der Waals surface area contributed by atoms with Crippen molar-refractivity contribution in [3.05, 3.63) is 22.6 Å². The second kappa shape index (κ2) is 6.46. The van der Waals surface area contributed by atoms with Crippen LogP contribution in [0.1, 0.15) is 36.3 Å². The first kappa shape index (κ1) is 20.7. The van der Waals surface area contributed by atoms with Crippen molar-refractivity contribution in [2.45, 2.75) is 37.9 Å². The number of aromatic nitrogens is 2. The maximum Gasteiger partial charge on any atom is 0.352 e. The second-order valence-electron chi connectivity index (χ2n) is 7.66. The molecule has 10 nitrogen and oxygen atoms in total. The molecular formula is C18H19N3O7S2. The summed E-state index contributed by atoms with van der Waals surface area (Å²) in [7, 11) is -3.74. The van der Waals surface area contributed by atoms with Gasteiger partial charge in [0.1, 0.15) is 10.5 Å². The largest absolute Gasteiger partial charge is 0.477 e. The van der Waals surface area contributed by atoms with E-state index in [2.05, 4.69) is 4.98 Å². The van der Waals surface area contributed by atoms with Crippen molar-refractivity contribution in [1.29, 1.82) is 0 Å². The van der Waals surface area contributed by atoms with Crippen LogP contribution in [0.2, 0.25) is 0 Å². The molecule has 30 heavy (non-hydrogen) atoms. The van der Waals surface area contributed by atoms with Gasteiger partial charge < -0.3 is 15.1 Å². The van der Waals surface area contributed by atoms with Gasteiger partial charge in [0.2, 0.25) is 5.91 Å². The van der Waals surface area contributed by atoms with E-state index in [0.29, 0.717) is 10.5 Å². The lowest BCUT2D eigenvalue weighted by Crippen LogP contribution is -2.63. The van der Waals surface area contributed by atoms with Gasteiger partial charge in [0.25, 0.3) is 0 Å². The van der Waals surface area contributed by atoms with E-state index in [9.17, 15) is 33.0 Å². The zero-order chi connectivity index (χ0) is 22.3. The number of ketones is 1. The molecule has 1 amide bonds. The summed E-state index contributed by atoms with van der Waals surface area (Å²) in [6.45, 7) is 4.51. The molecule has 4 rings (SSSR count). The fourth-order valence-electron chi connectivity index (χ4n) is 4.37. The predicted molar refractivity (Wildman–Crippen MR) is 106 cm³/mol. The highest BCUT2D eigenvalue weighted by Crippen LogP contribution is 2.51. The molecule has 1 saturated heterocycles. The Morgan fingerprint density at radius 1 is 1.33 bits per heavy atom. The number of imidazole rings is 1. The number of hydrogen-bond donors (Lipinski definition) is 2. The van der Waals surface area contributed by atoms with Gasteiger partial charge in [-0.15, -0.1) is 11.3 Å². The second-order valence-corrected chi connectivity index (χ2v) is 10.6. The van der Waals surface area contributed by atoms with E-state index in [4.69, 9.17) is 0 Å². The molecule has 0 radical (unpaired) electrons. The average molecular weight is 453 g/mol. The van der Waals surface area contributed by atoms with Crippen molar-refractivity contribution >= 4 is 49.2 Å². The summed E-state index contributed by atoms with van der Waals surface area (Å²) >= 11 is 1.00. The molecule has 2 aliphatic rings. The van der Waals surface area contributed by atoms with Crippen LogP contribution in [-0.2, 0) is 19.4 Å². The lowest BCUT2D eigenvalue weighted by molar-refractivity contribution is -0.163. The van der Waals surface area contributed by atoms with Crippen molar-refractivity contribution in [3.63, 3.8) is 0 Å². The van der Waals surface area contributed by atoms with Crippen LogP contribution in [0.5, 0.6) is 0 Å². The number of β-lactam (4-membered cyclic amide) rings is 1. The Labute approximate surface area is 175 Å². The lowest BCUT2D eigenvalue weighted by atomic mass is 9.77. The van der Waals surface area contributed by atoms with Crippen molar-refractivity contribution in [3.8, 4) is 0 Å². The van der Waals surface area contributed by atoms with Gasteiger partial charge >= 0.3 is 5.97 Å². The van der Waals surface area contributed by atoms with E-state index in [1.807, 2.05) is 0 Å². The SMILES string of the molecule is CC(=O)c1nc(S(C)(=O)=O)c2sc(C3=C(C(=O)O)N4C(=O)[C@H]([C@@H](C)O)[C@H]4[C@H]3C)cn12. The molecule has 0 aromatic carbocycles. The molecule has 0 bridgehead atoms. The van der Waals surface area contributed by atoms with Crippen LogP contribution >= 0.6 is 11.3 Å². The van der Waals surface area contributed by atoms with E-state index in [1.54, 1.807) is 6.92 Å². The third-order valence-electron chi connectivity index (χ3n) is 5.60. The van der Waals surface area contributed by atoms with Gasteiger partial charge in [0, 0.05) is 30.9 Å². The summed E-state index contributed by atoms with van der Waals surface area (Å²) in [4.78, 5) is 42.3. The minimum Gasteiger partial charge on any atom is -0.477 e. The van der Waals surface area contributed by atoms with Crippen LogP contribution in [0.4, 0.5) is 0 Å². The molecule has 2 aliphatic heterocycles. The number of aliphatic hydroxyl groups is 1. The standard InChI is InChI=1S/C18H19N3O7S2/c1-6-10(13(18(25)26)21-12(6)11(7(2)22)16(21)24)9-5-20-14(8(3)23)19-15(17(20)29-9)30(4,27)28/h5-7,11-12,22H,1-4H3,(H,25,26)/t6-,7+,11+,12+/m0/s1. The number of sulfone groups is 1. The number of Topliss-reactive ketones (excluding diaryl/α,β-unsaturated/α-hetero) is 1. The maximum atomic E-state index is 12.5. The molecule has 4 heterocycles. The molecule has 160 valence electrons. The molecule has 1 fully saturated rings. The monoisotopic (exact) mass is 453 g/mol. The molecule has 0 spiro atoms. The molecule has 2 aromatic rings. The minimum atomic E-state index is -3.74. The first-order valence-corrected chi connectivity index (χ1v) is 11.8. The number of carboxylic acid groups (broad SMARTS) is 1. The molecule has 4 atom stereocenters. The zero-order valence-electron chi connectivity index (χ0n) is 16.5. The van der Waals surface area contributed by atoms with Gasteiger partial charge in [0.05, 0.1) is 22.9 Å². The first-order chi connectivity index (χ1) is 13.9. The number of rotatable bonds is 5. The van der Waals surface area contributed by atoms with Crippen molar-refractivity contribution < 1.29 is 33.0 Å². The van der Waals surface area contributed by atoms with Crippen LogP contribution in [-0.4, -0.2) is 69.0 Å². The number of carbonyl (C=O) groups is 3. The highest BCUT2D eigenvalue weighted by atomic mass is 32.2. The molecular weight excluding hydrogens is 434 g/mol. The highest BCUT2D eigenvalue weighted by Gasteiger charge is 2.60. The number of hydrogen-bond acceptors (Lipinski definition) is 8. The first-order valence-electron chi connectivity index (χ1n) is 9.08. The highest BCUT2D eigenvalue weighted by molar-refractivity contribution is 7.91. The summed E-state index contributed by atoms with van der Waals surface area (Å²) in [5.74, 6) is -3.38. The van der Waals surface area contributed by atoms with Crippen molar-refractivity contribution in [1.82, 2.24) is 14.3 Å². The predicted octanol–water partition coefficient (Wildman–Crippen LogP) is 0.655. The van der Waals surface area contributed by atoms with Gasteiger partial charge in [-0.3, -0.25) is 14.0 Å². The van der Waals surface area contributed by atoms with Gasteiger partial charge in [-0.2, -0.15) is 0 Å². The number of carbonyl (C=O) groups excluding carboxylic acids is 2. The van der Waals surface area contributed by atoms with Gasteiger partial charge in [-0.1, -0.05) is 6.92 Å². The fraction of sp³-hybridized carbons (Fsp3) is 0.444. The zero-order valence-corrected chi connectivity index (χ0v) is 18.1. The normalized spacial score (nSPS) is 24.9. The van der Waals surface area contributed by atoms with E-state index < -0.39 is 51.5 Å². The van der Waals surface area contributed by atoms with Gasteiger partial charge in [-0.25, -0.2) is 18.2 Å². The fourth-order valence-corrected chi connectivity index (χ4v) is 6.74. The summed E-state index contributed by atoms with van der Waals surface area (Å²) < 4.78 is 25.7. The van der Waals surface area contributed by atoms with Crippen molar-refractivity contribution in [2.24, 2.45) is 11.8 Å². The third kappa shape index (κ3) is 2.67. The number of aliphatic carboxylic acids is 1. The Balaban J connectivity index is 1.95. The van der Waals surface area contributed by atoms with E-state index in [0.717, 1.165) is 17.6 Å². The van der Waals surface area contributed by atoms with Crippen LogP contribution in [0, 0.1) is 11.8 Å². The van der Waals surface area contributed by atoms with E-state index >= 15 is 0 Å². The summed E-state index contributed by atoms with van der Waals surface area (Å²) in [6.07, 6.45) is 1.54.